The van der Waals surface area contributed by atoms with E-state index in [-0.39, 0.29) is 12.1 Å². The van der Waals surface area contributed by atoms with Gasteiger partial charge in [0.1, 0.15) is 12.2 Å². The van der Waals surface area contributed by atoms with E-state index < -0.39 is 29.6 Å². The molecule has 0 unspecified atom stereocenters. The van der Waals surface area contributed by atoms with E-state index in [4.69, 9.17) is 4.84 Å². The summed E-state index contributed by atoms with van der Waals surface area (Å²) >= 11 is 0. The summed E-state index contributed by atoms with van der Waals surface area (Å²) in [5.41, 5.74) is -1.37. The van der Waals surface area contributed by atoms with Gasteiger partial charge in [0.2, 0.25) is 0 Å². The molecule has 3 atom stereocenters. The van der Waals surface area contributed by atoms with Crippen LogP contribution in [0.25, 0.3) is 0 Å². The smallest absolute Gasteiger partial charge is 0.356 e. The predicted molar refractivity (Wildman–Crippen MR) is 54.0 cm³/mol. The number of nitrogens with zero attached hydrogens (tertiary/aromatic N) is 1. The van der Waals surface area contributed by atoms with Crippen molar-refractivity contribution in [2.75, 3.05) is 7.11 Å². The summed E-state index contributed by atoms with van der Waals surface area (Å²) in [6.07, 6.45) is -0.695. The average molecular weight is 241 g/mol. The number of rotatable bonds is 1. The summed E-state index contributed by atoms with van der Waals surface area (Å²) in [5, 5.41) is 22.8. The molecule has 2 aliphatic rings. The van der Waals surface area contributed by atoms with Gasteiger partial charge in [-0.3, -0.25) is 4.79 Å². The predicted octanol–water partition coefficient (Wildman–Crippen LogP) is -1.46. The first-order chi connectivity index (χ1) is 8.00. The number of esters is 1. The summed E-state index contributed by atoms with van der Waals surface area (Å²) < 4.78 is 4.47. The zero-order valence-corrected chi connectivity index (χ0v) is 8.99. The molecule has 0 saturated heterocycles. The van der Waals surface area contributed by atoms with E-state index in [0.29, 0.717) is 0 Å². The second-order valence-electron chi connectivity index (χ2n) is 3.88. The fraction of sp³-hybridized carbons (Fsp3) is 0.500. The molecule has 0 aromatic heterocycles. The highest BCUT2D eigenvalue weighted by atomic mass is 16.7. The molecule has 1 aliphatic heterocycles. The quantitative estimate of drug-likeness (QED) is 0.543. The molecular weight excluding hydrogens is 230 g/mol. The van der Waals surface area contributed by atoms with Crippen LogP contribution in [-0.2, 0) is 19.2 Å². The zero-order valence-electron chi connectivity index (χ0n) is 8.99. The summed E-state index contributed by atoms with van der Waals surface area (Å²) in [6.45, 7) is 0. The van der Waals surface area contributed by atoms with Crippen LogP contribution in [0.5, 0.6) is 0 Å². The van der Waals surface area contributed by atoms with Gasteiger partial charge in [0, 0.05) is 6.42 Å². The van der Waals surface area contributed by atoms with E-state index in [1.807, 2.05) is 0 Å². The lowest BCUT2D eigenvalue weighted by Gasteiger charge is -2.33. The van der Waals surface area contributed by atoms with E-state index in [0.717, 1.165) is 6.08 Å². The summed E-state index contributed by atoms with van der Waals surface area (Å²) in [6, 6.07) is 0. The highest BCUT2D eigenvalue weighted by Crippen LogP contribution is 2.34. The number of carbonyl (C=O) groups excluding carboxylic acids is 2. The van der Waals surface area contributed by atoms with Crippen molar-refractivity contribution in [2.45, 2.75) is 24.2 Å². The highest BCUT2D eigenvalue weighted by molar-refractivity contribution is 6.37. The van der Waals surface area contributed by atoms with Crippen molar-refractivity contribution in [2.24, 2.45) is 5.16 Å². The van der Waals surface area contributed by atoms with Crippen LogP contribution in [0.4, 0.5) is 0 Å². The van der Waals surface area contributed by atoms with Gasteiger partial charge < -0.3 is 19.8 Å². The maximum Gasteiger partial charge on any atom is 0.356 e. The fourth-order valence-electron chi connectivity index (χ4n) is 1.78. The molecule has 17 heavy (non-hydrogen) atoms. The van der Waals surface area contributed by atoms with Gasteiger partial charge in [-0.1, -0.05) is 5.16 Å². The second-order valence-corrected chi connectivity index (χ2v) is 3.88. The highest BCUT2D eigenvalue weighted by Gasteiger charge is 2.52. The van der Waals surface area contributed by atoms with Crippen LogP contribution in [0.15, 0.2) is 17.3 Å². The molecule has 7 nitrogen and oxygen atoms in total. The average Bonchev–Trinajstić information content (AvgIpc) is 2.77. The molecule has 2 rings (SSSR count). The van der Waals surface area contributed by atoms with Gasteiger partial charge >= 0.3 is 5.97 Å². The number of ether oxygens (including phenoxy) is 1. The molecule has 0 bridgehead atoms. The maximum atomic E-state index is 11.2. The Balaban J connectivity index is 2.22. The third kappa shape index (κ3) is 1.73. The van der Waals surface area contributed by atoms with Gasteiger partial charge in [0.05, 0.1) is 7.11 Å². The Morgan fingerprint density at radius 2 is 2.35 bits per heavy atom. The summed E-state index contributed by atoms with van der Waals surface area (Å²) in [4.78, 5) is 27.3. The minimum Gasteiger partial charge on any atom is -0.464 e. The van der Waals surface area contributed by atoms with Crippen molar-refractivity contribution in [1.82, 2.24) is 0 Å². The number of aliphatic hydroxyl groups is 2. The molecule has 2 N–H and O–H groups in total. The number of carbonyl (C=O) groups is 2. The lowest BCUT2D eigenvalue weighted by atomic mass is 9.82. The Hall–Kier alpha value is -1.73. The van der Waals surface area contributed by atoms with Gasteiger partial charge in [0.25, 0.3) is 0 Å². The summed E-state index contributed by atoms with van der Waals surface area (Å²) in [7, 11) is 1.20. The number of ketones is 1. The molecule has 0 amide bonds. The minimum absolute atomic E-state index is 0.00208. The Morgan fingerprint density at radius 1 is 1.65 bits per heavy atom. The third-order valence-corrected chi connectivity index (χ3v) is 2.81. The van der Waals surface area contributed by atoms with Crippen LogP contribution >= 0.6 is 0 Å². The SMILES string of the molecule is COC(=O)C1=NO[C@]2(C=CC(=O)[C@H](O)[C@@H]2O)C1. The van der Waals surface area contributed by atoms with Gasteiger partial charge in [0.15, 0.2) is 17.1 Å². The Morgan fingerprint density at radius 3 is 3.00 bits per heavy atom. The van der Waals surface area contributed by atoms with E-state index in [9.17, 15) is 19.8 Å². The molecule has 1 heterocycles. The maximum absolute atomic E-state index is 11.2. The van der Waals surface area contributed by atoms with Crippen LogP contribution < -0.4 is 0 Å². The first-order valence-electron chi connectivity index (χ1n) is 4.93. The van der Waals surface area contributed by atoms with Crippen LogP contribution in [0, 0.1) is 0 Å². The van der Waals surface area contributed by atoms with Crippen molar-refractivity contribution >= 4 is 17.5 Å². The van der Waals surface area contributed by atoms with Crippen molar-refractivity contribution in [1.29, 1.82) is 0 Å². The molecule has 0 saturated carbocycles. The molecule has 1 aliphatic carbocycles. The molecule has 0 aromatic carbocycles. The Kier molecular flexibility index (Phi) is 2.72. The van der Waals surface area contributed by atoms with Crippen molar-refractivity contribution in [3.63, 3.8) is 0 Å². The number of methoxy groups -OCH3 is 1. The molecule has 0 fully saturated rings. The number of hydrogen-bond donors (Lipinski definition) is 2. The van der Waals surface area contributed by atoms with Crippen LogP contribution in [0.3, 0.4) is 0 Å². The van der Waals surface area contributed by atoms with Crippen molar-refractivity contribution in [3.8, 4) is 0 Å². The normalized spacial score (nSPS) is 35.7. The van der Waals surface area contributed by atoms with E-state index in [1.54, 1.807) is 0 Å². The second kappa shape index (κ2) is 3.94. The number of aliphatic hydroxyl groups excluding tert-OH is 2. The van der Waals surface area contributed by atoms with E-state index in [1.165, 1.54) is 13.2 Å². The van der Waals surface area contributed by atoms with E-state index in [2.05, 4.69) is 9.89 Å². The molecule has 1 spiro atoms. The topological polar surface area (TPSA) is 105 Å². The minimum atomic E-state index is -1.58. The van der Waals surface area contributed by atoms with Gasteiger partial charge in [-0.05, 0) is 12.2 Å². The lowest BCUT2D eigenvalue weighted by molar-refractivity contribution is -0.149. The Bertz CT molecular complexity index is 429. The fourth-order valence-corrected chi connectivity index (χ4v) is 1.78. The molecule has 92 valence electrons. The van der Waals surface area contributed by atoms with Crippen LogP contribution in [0.2, 0.25) is 0 Å². The largest absolute Gasteiger partial charge is 0.464 e. The Labute approximate surface area is 96.3 Å². The number of oxime groups is 1. The lowest BCUT2D eigenvalue weighted by Crippen LogP contribution is -2.53. The van der Waals surface area contributed by atoms with Gasteiger partial charge in [-0.25, -0.2) is 4.79 Å². The van der Waals surface area contributed by atoms with Gasteiger partial charge in [-0.15, -0.1) is 0 Å². The summed E-state index contributed by atoms with van der Waals surface area (Å²) in [5.74, 6) is -1.29. The molecule has 0 aromatic rings. The molecular formula is C10H11NO6. The van der Waals surface area contributed by atoms with Crippen molar-refractivity contribution in [3.05, 3.63) is 12.2 Å². The van der Waals surface area contributed by atoms with Crippen molar-refractivity contribution < 1.29 is 29.4 Å². The van der Waals surface area contributed by atoms with Crippen LogP contribution in [0.1, 0.15) is 6.42 Å². The molecule has 0 radical (unpaired) electrons. The monoisotopic (exact) mass is 241 g/mol. The third-order valence-electron chi connectivity index (χ3n) is 2.81. The number of hydrogen-bond acceptors (Lipinski definition) is 7. The first kappa shape index (κ1) is 11.7. The van der Waals surface area contributed by atoms with Gasteiger partial charge in [-0.2, -0.15) is 0 Å². The first-order valence-corrected chi connectivity index (χ1v) is 4.93. The zero-order chi connectivity index (χ0) is 12.6. The molecule has 7 heteroatoms. The standard InChI is InChI=1S/C10H11NO6/c1-16-9(15)5-4-10(17-11-5)3-2-6(12)7(13)8(10)14/h2-3,7-8,13-14H,4H2,1H3/t7-,8-,10+/m0/s1. The van der Waals surface area contributed by atoms with E-state index >= 15 is 0 Å². The van der Waals surface area contributed by atoms with Crippen LogP contribution in [-0.4, -0.2) is 52.6 Å².